The van der Waals surface area contributed by atoms with E-state index in [0.29, 0.717) is 57.0 Å². The normalized spacial score (nSPS) is 11.4. The van der Waals surface area contributed by atoms with Gasteiger partial charge in [-0.15, -0.1) is 22.7 Å². The van der Waals surface area contributed by atoms with Gasteiger partial charge in [0.25, 0.3) is 0 Å². The van der Waals surface area contributed by atoms with E-state index in [9.17, 15) is 0 Å². The summed E-state index contributed by atoms with van der Waals surface area (Å²) in [4.78, 5) is 3.65. The molecule has 11 heteroatoms. The van der Waals surface area contributed by atoms with Crippen molar-refractivity contribution >= 4 is 45.4 Å². The molecule has 8 nitrogen and oxygen atoms in total. The van der Waals surface area contributed by atoms with E-state index in [0.717, 1.165) is 90.4 Å². The highest BCUT2D eigenvalue weighted by molar-refractivity contribution is 7.19. The SMILES string of the molecule is CCCCCCCCc1ccc(Oc2cccc(Oc3ccc(CCCCCCCC)cc3)c2-c2ccc(-c3c(Oc4ccccc4)c(Oc4ccccc4)c(-c4ccc(-c5c(Oc6ccc(CCCCCCCC)cc6)cccc5Oc5ccc(CCCCCCCC)cc5)s4)c4nsnc34)s2)cc1. The zero-order chi connectivity index (χ0) is 72.0. The number of rotatable bonds is 44. The second-order valence-electron chi connectivity index (χ2n) is 27.8. The molecule has 0 atom stereocenters. The summed E-state index contributed by atoms with van der Waals surface area (Å²) in [7, 11) is 0. The first-order valence-electron chi connectivity index (χ1n) is 39.2. The van der Waals surface area contributed by atoms with Gasteiger partial charge in [-0.25, -0.2) is 0 Å². The van der Waals surface area contributed by atoms with Crippen LogP contribution in [0.5, 0.6) is 69.0 Å². The van der Waals surface area contributed by atoms with Gasteiger partial charge in [0.15, 0.2) is 11.5 Å². The number of ether oxygens (including phenoxy) is 6. The highest BCUT2D eigenvalue weighted by Gasteiger charge is 2.31. The molecule has 0 saturated carbocycles. The van der Waals surface area contributed by atoms with Crippen molar-refractivity contribution in [3.05, 3.63) is 241 Å². The van der Waals surface area contributed by atoms with Gasteiger partial charge in [-0.05, 0) is 195 Å². The lowest BCUT2D eigenvalue weighted by molar-refractivity contribution is 0.422. The Kier molecular flexibility index (Phi) is 29.2. The Bertz CT molecular complexity index is 4100. The summed E-state index contributed by atoms with van der Waals surface area (Å²) in [6, 6.07) is 75.2. The van der Waals surface area contributed by atoms with E-state index >= 15 is 0 Å². The van der Waals surface area contributed by atoms with Gasteiger partial charge in [0.2, 0.25) is 0 Å². The molecule has 12 rings (SSSR count). The van der Waals surface area contributed by atoms with E-state index < -0.39 is 0 Å². The molecule has 0 N–H and O–H groups in total. The summed E-state index contributed by atoms with van der Waals surface area (Å²) in [6.45, 7) is 9.09. The van der Waals surface area contributed by atoms with Crippen molar-refractivity contribution in [2.45, 2.75) is 207 Å². The molecule has 0 unspecified atom stereocenters. The number of fused-ring (bicyclic) bond motifs is 1. The molecule has 0 aliphatic rings. The van der Waals surface area contributed by atoms with Crippen molar-refractivity contribution < 1.29 is 28.4 Å². The second-order valence-corrected chi connectivity index (χ2v) is 30.5. The molecular formula is C94H104N2O6S3. The Balaban J connectivity index is 0.934. The summed E-state index contributed by atoms with van der Waals surface area (Å²) < 4.78 is 53.1. The van der Waals surface area contributed by atoms with Gasteiger partial charge < -0.3 is 28.4 Å². The van der Waals surface area contributed by atoms with E-state index in [2.05, 4.69) is 149 Å². The van der Waals surface area contributed by atoms with Gasteiger partial charge in [-0.3, -0.25) is 0 Å². The van der Waals surface area contributed by atoms with E-state index in [-0.39, 0.29) is 0 Å². The lowest BCUT2D eigenvalue weighted by Gasteiger charge is -2.20. The van der Waals surface area contributed by atoms with Crippen molar-refractivity contribution in [3.63, 3.8) is 0 Å². The molecule has 3 aromatic heterocycles. The van der Waals surface area contributed by atoms with Crippen LogP contribution in [0.3, 0.4) is 0 Å². The second kappa shape index (κ2) is 40.5. The van der Waals surface area contributed by atoms with E-state index in [1.165, 1.54) is 188 Å². The predicted octanol–water partition coefficient (Wildman–Crippen LogP) is 30.8. The molecule has 12 aromatic rings. The smallest absolute Gasteiger partial charge is 0.181 e. The monoisotopic (exact) mass is 1450 g/mol. The van der Waals surface area contributed by atoms with Gasteiger partial charge in [0, 0.05) is 19.5 Å². The minimum absolute atomic E-state index is 0.499. The van der Waals surface area contributed by atoms with Crippen LogP contribution in [0.25, 0.3) is 52.8 Å². The highest BCUT2D eigenvalue weighted by atomic mass is 32.1. The van der Waals surface area contributed by atoms with Crippen molar-refractivity contribution in [1.82, 2.24) is 8.75 Å². The van der Waals surface area contributed by atoms with Crippen molar-refractivity contribution in [3.8, 4) is 111 Å². The minimum Gasteiger partial charge on any atom is -0.457 e. The molecule has 0 aliphatic carbocycles. The van der Waals surface area contributed by atoms with Gasteiger partial charge in [-0.1, -0.05) is 253 Å². The summed E-state index contributed by atoms with van der Waals surface area (Å²) in [5, 5.41) is 0. The van der Waals surface area contributed by atoms with Crippen LogP contribution in [-0.2, 0) is 25.7 Å². The number of para-hydroxylation sites is 2. The van der Waals surface area contributed by atoms with Gasteiger partial charge in [-0.2, -0.15) is 8.75 Å². The lowest BCUT2D eigenvalue weighted by Crippen LogP contribution is -1.97. The molecule has 0 aliphatic heterocycles. The number of benzene rings is 9. The first-order chi connectivity index (χ1) is 51.9. The number of hydrogen-bond donors (Lipinski definition) is 0. The minimum atomic E-state index is 0.499. The molecule has 3 heterocycles. The van der Waals surface area contributed by atoms with Crippen LogP contribution in [0.2, 0.25) is 0 Å². The molecule has 0 spiro atoms. The molecule has 0 bridgehead atoms. The molecule has 0 amide bonds. The fraction of sp³-hybridized carbons (Fsp3) is 0.340. The Morgan fingerprint density at radius 2 is 0.476 bits per heavy atom. The topological polar surface area (TPSA) is 81.2 Å². The fourth-order valence-corrected chi connectivity index (χ4v) is 16.5. The molecular weight excluding hydrogens is 1350 g/mol. The molecule has 9 aromatic carbocycles. The van der Waals surface area contributed by atoms with E-state index in [1.54, 1.807) is 22.7 Å². The maximum Gasteiger partial charge on any atom is 0.181 e. The number of thiophene rings is 2. The summed E-state index contributed by atoms with van der Waals surface area (Å²) in [5.74, 6) is 8.01. The van der Waals surface area contributed by atoms with Crippen LogP contribution in [0.1, 0.15) is 204 Å². The van der Waals surface area contributed by atoms with Crippen LogP contribution in [0.15, 0.2) is 218 Å². The first-order valence-corrected chi connectivity index (χ1v) is 41.6. The maximum absolute atomic E-state index is 7.33. The zero-order valence-corrected chi connectivity index (χ0v) is 64.6. The van der Waals surface area contributed by atoms with Crippen molar-refractivity contribution in [2.75, 3.05) is 0 Å². The molecule has 105 heavy (non-hydrogen) atoms. The molecule has 0 saturated heterocycles. The van der Waals surface area contributed by atoms with Crippen molar-refractivity contribution in [2.24, 2.45) is 0 Å². The number of aryl methyl sites for hydroxylation is 4. The number of nitrogens with zero attached hydrogens (tertiary/aromatic N) is 2. The third kappa shape index (κ3) is 21.6. The zero-order valence-electron chi connectivity index (χ0n) is 62.2. The molecule has 544 valence electrons. The van der Waals surface area contributed by atoms with Crippen LogP contribution >= 0.6 is 34.4 Å². The maximum atomic E-state index is 7.33. The Morgan fingerprint density at radius 3 is 0.752 bits per heavy atom. The van der Waals surface area contributed by atoms with Crippen LogP contribution in [0.4, 0.5) is 0 Å². The predicted molar refractivity (Wildman–Crippen MR) is 442 cm³/mol. The number of unbranched alkanes of at least 4 members (excludes halogenated alkanes) is 20. The number of hydrogen-bond acceptors (Lipinski definition) is 11. The van der Waals surface area contributed by atoms with Crippen LogP contribution in [-0.4, -0.2) is 8.75 Å². The highest BCUT2D eigenvalue weighted by Crippen LogP contribution is 2.58. The quantitative estimate of drug-likeness (QED) is 0.0350. The average Bonchev–Trinajstić information content (AvgIpc) is 1.65. The van der Waals surface area contributed by atoms with Crippen LogP contribution < -0.4 is 28.4 Å². The fourth-order valence-electron chi connectivity index (χ4n) is 13.7. The summed E-state index contributed by atoms with van der Waals surface area (Å²) in [6.07, 6.45) is 34.6. The van der Waals surface area contributed by atoms with Gasteiger partial charge in [0.05, 0.1) is 34.0 Å². The Hall–Kier alpha value is -9.00. The van der Waals surface area contributed by atoms with Gasteiger partial charge >= 0.3 is 0 Å². The van der Waals surface area contributed by atoms with Crippen molar-refractivity contribution in [1.29, 1.82) is 0 Å². The number of aromatic nitrogens is 2. The standard InChI is InChI=1S/C94H104N2O6S3/c1-5-9-13-17-21-27-37-69-49-57-75(58-50-69)97-79-45-35-46-80(98-76-59-51-70(52-60-76)38-28-22-18-14-10-6-2)87(79)83-65-67-85(103-83)89-91-92(96-105-95-91)90(94(102-74-43-33-26-34-44-74)93(89)101-73-41-31-25-32-42-73)86-68-66-84(104-86)88-81(99-77-61-53-71(54-62-77)39-29-23-19-15-11-7-3)47-36-48-82(88)100-78-63-55-72(56-64-78)40-30-24-20-16-12-8-4/h25-26,31-36,41-68H,5-24,27-30,37-40H2,1-4H3. The Morgan fingerprint density at radius 1 is 0.229 bits per heavy atom. The largest absolute Gasteiger partial charge is 0.457 e. The molecule has 0 fully saturated rings. The Labute approximate surface area is 637 Å². The summed E-state index contributed by atoms with van der Waals surface area (Å²) >= 11 is 4.42. The first kappa shape index (κ1) is 75.7. The average molecular weight is 1450 g/mol. The van der Waals surface area contributed by atoms with E-state index in [1.807, 2.05) is 97.1 Å². The lowest BCUT2D eigenvalue weighted by atomic mass is 10.0. The van der Waals surface area contributed by atoms with Crippen LogP contribution in [0, 0.1) is 0 Å². The third-order valence-electron chi connectivity index (χ3n) is 19.6. The third-order valence-corrected chi connectivity index (χ3v) is 22.4. The van der Waals surface area contributed by atoms with E-state index in [4.69, 9.17) is 37.2 Å². The van der Waals surface area contributed by atoms with Gasteiger partial charge in [0.1, 0.15) is 68.5 Å². The summed E-state index contributed by atoms with van der Waals surface area (Å²) in [5.41, 5.74) is 9.78. The molecule has 0 radical (unpaired) electrons.